The van der Waals surface area contributed by atoms with Gasteiger partial charge in [0, 0.05) is 73.6 Å². The molecule has 266 valence electrons. The number of aromatic carboxylic acids is 2. The summed E-state index contributed by atoms with van der Waals surface area (Å²) in [7, 11) is 0. The fourth-order valence-electron chi connectivity index (χ4n) is 5.86. The zero-order chi connectivity index (χ0) is 37.2. The summed E-state index contributed by atoms with van der Waals surface area (Å²) in [5.74, 6) is -2.85. The first-order chi connectivity index (χ1) is 25.2. The van der Waals surface area contributed by atoms with Crippen LogP contribution in [0.15, 0.2) is 107 Å². The molecular formula is C40H38N4O8. The number of aryl methyl sites for hydroxylation is 1. The molecule has 1 aliphatic carbocycles. The number of pyridine rings is 2. The number of carbonyl (C=O) groups excluding carboxylic acids is 1. The normalized spacial score (nSPS) is 10.9. The van der Waals surface area contributed by atoms with Gasteiger partial charge in [0.05, 0.1) is 22.5 Å². The summed E-state index contributed by atoms with van der Waals surface area (Å²) in [6.07, 6.45) is 3.67. The van der Waals surface area contributed by atoms with Crippen molar-refractivity contribution >= 4 is 28.8 Å². The fraction of sp³-hybridized carbons (Fsp3) is 0.200. The Balaban J connectivity index is 0.00000257. The van der Waals surface area contributed by atoms with Gasteiger partial charge in [-0.15, -0.1) is 0 Å². The summed E-state index contributed by atoms with van der Waals surface area (Å²) in [5.41, 5.74) is 2.54. The van der Waals surface area contributed by atoms with Crippen molar-refractivity contribution in [3.05, 3.63) is 136 Å². The van der Waals surface area contributed by atoms with Crippen molar-refractivity contribution in [1.29, 1.82) is 0 Å². The van der Waals surface area contributed by atoms with E-state index in [1.807, 2.05) is 50.2 Å². The van der Waals surface area contributed by atoms with Crippen molar-refractivity contribution in [2.45, 2.75) is 39.8 Å². The van der Waals surface area contributed by atoms with Gasteiger partial charge in [-0.1, -0.05) is 32.0 Å². The van der Waals surface area contributed by atoms with Gasteiger partial charge in [-0.2, -0.15) is 0 Å². The summed E-state index contributed by atoms with van der Waals surface area (Å²) in [6.45, 7) is 6.04. The predicted octanol–water partition coefficient (Wildman–Crippen LogP) is 6.23. The molecule has 2 aromatic carbocycles. The zero-order valence-electron chi connectivity index (χ0n) is 28.7. The number of aromatic hydroxyl groups is 1. The molecule has 3 heterocycles. The van der Waals surface area contributed by atoms with Crippen LogP contribution in [0, 0.1) is 0 Å². The van der Waals surface area contributed by atoms with Crippen molar-refractivity contribution in [1.82, 2.24) is 20.2 Å². The van der Waals surface area contributed by atoms with Crippen molar-refractivity contribution in [3.8, 4) is 28.2 Å². The highest BCUT2D eigenvalue weighted by Crippen LogP contribution is 2.43. The Bertz CT molecular complexity index is 2180. The number of carboxylic acids is 2. The molecule has 6 rings (SSSR count). The largest absolute Gasteiger partial charge is 0.508 e. The highest BCUT2D eigenvalue weighted by Gasteiger charge is 2.24. The summed E-state index contributed by atoms with van der Waals surface area (Å²) < 4.78 is 5.98. The fourth-order valence-corrected chi connectivity index (χ4v) is 5.86. The Hall–Kier alpha value is -6.40. The minimum atomic E-state index is -1.35. The molecule has 52 heavy (non-hydrogen) atoms. The van der Waals surface area contributed by atoms with Crippen LogP contribution in [0.3, 0.4) is 0 Å². The molecule has 2 aromatic heterocycles. The van der Waals surface area contributed by atoms with E-state index in [0.717, 1.165) is 17.5 Å². The van der Waals surface area contributed by atoms with Crippen LogP contribution in [0.2, 0.25) is 0 Å². The van der Waals surface area contributed by atoms with Crippen LogP contribution in [-0.4, -0.2) is 61.1 Å². The van der Waals surface area contributed by atoms with Gasteiger partial charge < -0.3 is 25.1 Å². The highest BCUT2D eigenvalue weighted by atomic mass is 16.4. The molecule has 0 bridgehead atoms. The van der Waals surface area contributed by atoms with Crippen LogP contribution in [0.1, 0.15) is 57.9 Å². The molecule has 2 aliphatic rings. The van der Waals surface area contributed by atoms with E-state index in [9.17, 15) is 34.5 Å². The molecule has 12 nitrogen and oxygen atoms in total. The van der Waals surface area contributed by atoms with Gasteiger partial charge in [0.2, 0.25) is 5.91 Å². The minimum Gasteiger partial charge on any atom is -0.508 e. The molecule has 12 heteroatoms. The van der Waals surface area contributed by atoms with E-state index in [0.29, 0.717) is 48.3 Å². The van der Waals surface area contributed by atoms with Crippen LogP contribution in [0.5, 0.6) is 5.75 Å². The maximum Gasteiger partial charge on any atom is 0.336 e. The Labute approximate surface area is 299 Å². The number of rotatable bonds is 13. The molecule has 0 saturated carbocycles. The maximum atomic E-state index is 13.0. The third-order valence-electron chi connectivity index (χ3n) is 8.25. The number of phenolic OH excluding ortho intramolecular Hbond substituents is 1. The van der Waals surface area contributed by atoms with Crippen LogP contribution in [-0.2, 0) is 24.3 Å². The van der Waals surface area contributed by atoms with Crippen molar-refractivity contribution in [2.75, 3.05) is 13.1 Å². The van der Waals surface area contributed by atoms with E-state index in [-0.39, 0.29) is 58.0 Å². The second-order valence-corrected chi connectivity index (χ2v) is 11.7. The van der Waals surface area contributed by atoms with Gasteiger partial charge in [-0.25, -0.2) is 9.59 Å². The van der Waals surface area contributed by atoms with E-state index < -0.39 is 11.9 Å². The molecule has 1 amide bonds. The summed E-state index contributed by atoms with van der Waals surface area (Å²) in [6, 6.07) is 22.3. The van der Waals surface area contributed by atoms with Gasteiger partial charge in [-0.3, -0.25) is 24.5 Å². The number of aromatic nitrogens is 2. The molecule has 0 unspecified atom stereocenters. The average Bonchev–Trinajstić information content (AvgIpc) is 3.14. The molecule has 4 N–H and O–H groups in total. The first-order valence-corrected chi connectivity index (χ1v) is 16.8. The molecule has 0 fully saturated rings. The number of carbonyl (C=O) groups is 3. The Kier molecular flexibility index (Phi) is 12.1. The number of benzene rings is 3. The second-order valence-electron chi connectivity index (χ2n) is 11.7. The van der Waals surface area contributed by atoms with E-state index in [1.165, 1.54) is 36.4 Å². The Morgan fingerprint density at radius 3 is 2.10 bits per heavy atom. The lowest BCUT2D eigenvalue weighted by atomic mass is 9.89. The number of hydrogen-bond acceptors (Lipinski definition) is 9. The summed E-state index contributed by atoms with van der Waals surface area (Å²) in [5, 5.41) is 33.9. The second kappa shape index (κ2) is 17.0. The molecular weight excluding hydrogens is 664 g/mol. The van der Waals surface area contributed by atoms with Crippen LogP contribution in [0.4, 0.5) is 0 Å². The van der Waals surface area contributed by atoms with E-state index >= 15 is 0 Å². The third-order valence-corrected chi connectivity index (χ3v) is 8.25. The van der Waals surface area contributed by atoms with Crippen molar-refractivity contribution in [2.24, 2.45) is 0 Å². The number of nitrogens with one attached hydrogen (secondary N) is 1. The number of hydrogen-bond donors (Lipinski definition) is 4. The first-order valence-electron chi connectivity index (χ1n) is 16.8. The molecule has 0 saturated heterocycles. The third kappa shape index (κ3) is 8.84. The zero-order valence-corrected chi connectivity index (χ0v) is 28.7. The molecule has 0 radical (unpaired) electrons. The lowest BCUT2D eigenvalue weighted by molar-refractivity contribution is -0.121. The number of carboxylic acid groups (broad SMARTS) is 2. The lowest BCUT2D eigenvalue weighted by Crippen LogP contribution is -2.34. The monoisotopic (exact) mass is 702 g/mol. The number of nitrogens with zero attached hydrogens (tertiary/aromatic N) is 3. The molecule has 0 atom stereocenters. The van der Waals surface area contributed by atoms with Gasteiger partial charge in [-0.05, 0) is 72.1 Å². The molecule has 0 spiro atoms. The van der Waals surface area contributed by atoms with Gasteiger partial charge >= 0.3 is 11.9 Å². The summed E-state index contributed by atoms with van der Waals surface area (Å²) in [4.78, 5) is 60.1. The van der Waals surface area contributed by atoms with Crippen molar-refractivity contribution < 1.29 is 34.1 Å². The van der Waals surface area contributed by atoms with E-state index in [2.05, 4.69) is 20.2 Å². The number of amides is 1. The first kappa shape index (κ1) is 36.9. The van der Waals surface area contributed by atoms with Gasteiger partial charge in [0.15, 0.2) is 5.43 Å². The number of phenols is 1. The Morgan fingerprint density at radius 2 is 1.48 bits per heavy atom. The lowest BCUT2D eigenvalue weighted by Gasteiger charge is -2.22. The minimum absolute atomic E-state index is 0.0484. The van der Waals surface area contributed by atoms with E-state index in [1.54, 1.807) is 18.5 Å². The van der Waals surface area contributed by atoms with Gasteiger partial charge in [0.1, 0.15) is 17.1 Å². The number of fused-ring (bicyclic) bond motifs is 2. The van der Waals surface area contributed by atoms with Crippen LogP contribution in [0.25, 0.3) is 33.4 Å². The average molecular weight is 703 g/mol. The SMILES string of the molecule is CC.O=C(CCc1cc2c(-c3ccc(C(=O)O)cc3C(=O)O)c3ccc(=O)cc-3oc2cc1O)NCCN(Cc1ccccn1)Cc1ccccn1. The van der Waals surface area contributed by atoms with E-state index in [4.69, 9.17) is 4.42 Å². The predicted molar refractivity (Wildman–Crippen MR) is 195 cm³/mol. The Morgan fingerprint density at radius 1 is 0.808 bits per heavy atom. The van der Waals surface area contributed by atoms with Gasteiger partial charge in [0.25, 0.3) is 0 Å². The summed E-state index contributed by atoms with van der Waals surface area (Å²) >= 11 is 0. The maximum absolute atomic E-state index is 13.0. The topological polar surface area (TPSA) is 183 Å². The van der Waals surface area contributed by atoms with Crippen LogP contribution < -0.4 is 10.7 Å². The molecule has 4 aromatic rings. The molecule has 1 aliphatic heterocycles. The standard InChI is InChI=1S/C38H32N4O8.C2H6/c43-27-9-11-29-33(19-27)50-34-20-32(44)23(17-31(34)36(29)28-10-7-24(37(46)47)18-30(28)38(48)49)8-12-35(45)41-15-16-42(21-25-5-1-3-13-39-25)22-26-6-2-4-14-40-26;1-2/h1-7,9-11,13-14,17-20,44H,8,12,15-16,21-22H2,(H,41,45)(H,46,47)(H,48,49);1-2H3. The smallest absolute Gasteiger partial charge is 0.336 e. The quantitative estimate of drug-likeness (QED) is 0.100. The highest BCUT2D eigenvalue weighted by molar-refractivity contribution is 6.08. The van der Waals surface area contributed by atoms with Crippen LogP contribution >= 0.6 is 0 Å². The van der Waals surface area contributed by atoms with Crippen molar-refractivity contribution in [3.63, 3.8) is 0 Å².